The van der Waals surface area contributed by atoms with E-state index >= 15 is 0 Å². The quantitative estimate of drug-likeness (QED) is 0.703. The Balaban J connectivity index is 2.13. The highest BCUT2D eigenvalue weighted by Gasteiger charge is 2.21. The van der Waals surface area contributed by atoms with Gasteiger partial charge in [-0.15, -0.1) is 0 Å². The van der Waals surface area contributed by atoms with Crippen LogP contribution in [0.3, 0.4) is 0 Å². The second kappa shape index (κ2) is 6.03. The van der Waals surface area contributed by atoms with Gasteiger partial charge in [0.25, 0.3) is 0 Å². The lowest BCUT2D eigenvalue weighted by molar-refractivity contribution is 1.48. The van der Waals surface area contributed by atoms with E-state index in [0.717, 1.165) is 0 Å². The Labute approximate surface area is 117 Å². The first-order chi connectivity index (χ1) is 9.09. The largest absolute Gasteiger partial charge is 0.0843 e. The van der Waals surface area contributed by atoms with Gasteiger partial charge in [0, 0.05) is 0 Å². The highest BCUT2D eigenvalue weighted by Crippen LogP contribution is 2.18. The van der Waals surface area contributed by atoms with Crippen LogP contribution in [-0.2, 0) is 0 Å². The maximum absolute atomic E-state index is 2.44. The third kappa shape index (κ3) is 3.68. The Morgan fingerprint density at radius 1 is 0.895 bits per heavy atom. The molecule has 0 radical (unpaired) electrons. The summed E-state index contributed by atoms with van der Waals surface area (Å²) in [4.78, 5) is 0. The van der Waals surface area contributed by atoms with Crippen LogP contribution < -0.4 is 5.19 Å². The molecule has 0 aliphatic heterocycles. The van der Waals surface area contributed by atoms with Crippen molar-refractivity contribution in [3.8, 4) is 0 Å². The van der Waals surface area contributed by atoms with Crippen molar-refractivity contribution in [1.29, 1.82) is 0 Å². The Morgan fingerprint density at radius 2 is 1.42 bits per heavy atom. The number of hydrogen-bond donors (Lipinski definition) is 0. The number of benzene rings is 2. The Kier molecular flexibility index (Phi) is 4.38. The van der Waals surface area contributed by atoms with Crippen molar-refractivity contribution in [2.45, 2.75) is 26.1 Å². The van der Waals surface area contributed by atoms with E-state index in [-0.39, 0.29) is 0 Å². The van der Waals surface area contributed by atoms with Gasteiger partial charge in [0.15, 0.2) is 0 Å². The van der Waals surface area contributed by atoms with Gasteiger partial charge in [-0.3, -0.25) is 0 Å². The van der Waals surface area contributed by atoms with Gasteiger partial charge in [0.05, 0.1) is 8.07 Å². The molecule has 0 atom stereocenters. The maximum Gasteiger partial charge on any atom is 0.0843 e. The lowest BCUT2D eigenvalue weighted by Gasteiger charge is -2.21. The van der Waals surface area contributed by atoms with Crippen LogP contribution in [0.4, 0.5) is 0 Å². The topological polar surface area (TPSA) is 0 Å². The summed E-state index contributed by atoms with van der Waals surface area (Å²) >= 11 is 0. The summed E-state index contributed by atoms with van der Waals surface area (Å²) in [5, 5.41) is 1.53. The second-order valence-electron chi connectivity index (χ2n) is 5.71. The second-order valence-corrected chi connectivity index (χ2v) is 10.5. The molecule has 0 spiro atoms. The van der Waals surface area contributed by atoms with Crippen LogP contribution in [0.15, 0.2) is 66.7 Å². The monoisotopic (exact) mass is 266 g/mol. The minimum Gasteiger partial charge on any atom is -0.0833 e. The Bertz CT molecular complexity index is 538. The molecule has 0 amide bonds. The maximum atomic E-state index is 2.44. The molecule has 0 fully saturated rings. The molecule has 0 bridgehead atoms. The highest BCUT2D eigenvalue weighted by molar-refractivity contribution is 6.90. The van der Waals surface area contributed by atoms with E-state index in [1.807, 2.05) is 0 Å². The molecule has 98 valence electrons. The molecule has 0 saturated heterocycles. The van der Waals surface area contributed by atoms with Crippen molar-refractivity contribution in [2.24, 2.45) is 0 Å². The summed E-state index contributed by atoms with van der Waals surface area (Å²) in [7, 11) is -1.35. The van der Waals surface area contributed by atoms with Crippen LogP contribution in [0.1, 0.15) is 12.5 Å². The first-order valence-corrected chi connectivity index (χ1v) is 10.1. The zero-order chi connectivity index (χ0) is 13.7. The van der Waals surface area contributed by atoms with Crippen LogP contribution in [0, 0.1) is 0 Å². The van der Waals surface area contributed by atoms with Crippen molar-refractivity contribution in [3.05, 3.63) is 72.3 Å². The molecule has 0 aromatic heterocycles. The Hall–Kier alpha value is -1.60. The average molecular weight is 266 g/mol. The molecule has 2 aromatic rings. The summed E-state index contributed by atoms with van der Waals surface area (Å²) in [5.74, 6) is 0. The lowest BCUT2D eigenvalue weighted by Crippen LogP contribution is -2.40. The molecule has 2 rings (SSSR count). The van der Waals surface area contributed by atoms with E-state index in [0.29, 0.717) is 0 Å². The zero-order valence-electron chi connectivity index (χ0n) is 12.1. The summed E-state index contributed by atoms with van der Waals surface area (Å²) < 4.78 is 0. The van der Waals surface area contributed by atoms with Crippen LogP contribution in [0.5, 0.6) is 0 Å². The highest BCUT2D eigenvalue weighted by atomic mass is 28.3. The van der Waals surface area contributed by atoms with Gasteiger partial charge in [0.1, 0.15) is 0 Å². The first-order valence-electron chi connectivity index (χ1n) is 6.87. The normalized spacial score (nSPS) is 12.5. The molecule has 2 aromatic carbocycles. The summed E-state index contributed by atoms with van der Waals surface area (Å²) in [6.07, 6.45) is 2.41. The van der Waals surface area contributed by atoms with Gasteiger partial charge in [-0.25, -0.2) is 0 Å². The van der Waals surface area contributed by atoms with Crippen molar-refractivity contribution >= 4 is 18.8 Å². The van der Waals surface area contributed by atoms with Gasteiger partial charge in [0.2, 0.25) is 0 Å². The molecule has 19 heavy (non-hydrogen) atoms. The van der Waals surface area contributed by atoms with Crippen LogP contribution in [0.2, 0.25) is 19.1 Å². The molecule has 1 heteroatoms. The van der Waals surface area contributed by atoms with E-state index in [1.165, 1.54) is 22.4 Å². The predicted molar refractivity (Wildman–Crippen MR) is 88.5 cm³/mol. The zero-order valence-corrected chi connectivity index (χ0v) is 13.1. The lowest BCUT2D eigenvalue weighted by atomic mass is 10.1. The standard InChI is InChI=1S/C18H22Si/c1-16(17-10-6-4-7-11-17)14-15-19(2,3)18-12-8-5-9-13-18/h4-14H,15H2,1-3H3/b16-14+. The van der Waals surface area contributed by atoms with E-state index < -0.39 is 8.07 Å². The fraction of sp³-hybridized carbons (Fsp3) is 0.222. The molecule has 0 heterocycles. The van der Waals surface area contributed by atoms with Gasteiger partial charge in [-0.05, 0) is 24.1 Å². The summed E-state index contributed by atoms with van der Waals surface area (Å²) in [5.41, 5.74) is 2.72. The minimum absolute atomic E-state index is 1.19. The predicted octanol–water partition coefficient (Wildman–Crippen LogP) is 4.71. The van der Waals surface area contributed by atoms with Crippen molar-refractivity contribution < 1.29 is 0 Å². The van der Waals surface area contributed by atoms with Crippen LogP contribution in [-0.4, -0.2) is 8.07 Å². The Morgan fingerprint density at radius 3 is 2.00 bits per heavy atom. The van der Waals surface area contributed by atoms with E-state index in [4.69, 9.17) is 0 Å². The number of rotatable bonds is 4. The van der Waals surface area contributed by atoms with Gasteiger partial charge in [-0.2, -0.15) is 0 Å². The molecular formula is C18H22Si. The SMILES string of the molecule is C/C(=C\C[Si](C)(C)c1ccccc1)c1ccccc1. The molecule has 0 N–H and O–H groups in total. The van der Waals surface area contributed by atoms with Gasteiger partial charge in [-0.1, -0.05) is 85.0 Å². The van der Waals surface area contributed by atoms with Crippen LogP contribution >= 0.6 is 0 Å². The fourth-order valence-electron chi connectivity index (χ4n) is 2.23. The van der Waals surface area contributed by atoms with Crippen molar-refractivity contribution in [1.82, 2.24) is 0 Å². The molecule has 0 aliphatic carbocycles. The van der Waals surface area contributed by atoms with Crippen LogP contribution in [0.25, 0.3) is 5.57 Å². The molecule has 0 nitrogen and oxygen atoms in total. The number of allylic oxidation sites excluding steroid dienone is 2. The summed E-state index contributed by atoms with van der Waals surface area (Å²) in [6.45, 7) is 7.10. The molecular weight excluding hydrogens is 244 g/mol. The van der Waals surface area contributed by atoms with Crippen molar-refractivity contribution in [3.63, 3.8) is 0 Å². The average Bonchev–Trinajstić information content (AvgIpc) is 2.47. The third-order valence-corrected chi connectivity index (χ3v) is 6.82. The third-order valence-electron chi connectivity index (χ3n) is 3.70. The molecule has 0 unspecified atom stereocenters. The van der Waals surface area contributed by atoms with Crippen molar-refractivity contribution in [2.75, 3.05) is 0 Å². The van der Waals surface area contributed by atoms with E-state index in [2.05, 4.69) is 86.8 Å². The summed E-state index contributed by atoms with van der Waals surface area (Å²) in [6, 6.07) is 22.8. The smallest absolute Gasteiger partial charge is 0.0833 e. The molecule has 0 aliphatic rings. The van der Waals surface area contributed by atoms with Gasteiger partial charge < -0.3 is 0 Å². The van der Waals surface area contributed by atoms with E-state index in [9.17, 15) is 0 Å². The fourth-order valence-corrected chi connectivity index (χ4v) is 4.38. The minimum atomic E-state index is -1.35. The molecule has 0 saturated carbocycles. The first kappa shape index (κ1) is 13.8. The number of hydrogen-bond acceptors (Lipinski definition) is 0. The van der Waals surface area contributed by atoms with E-state index in [1.54, 1.807) is 0 Å². The van der Waals surface area contributed by atoms with Gasteiger partial charge >= 0.3 is 0 Å².